The van der Waals surface area contributed by atoms with E-state index >= 15 is 0 Å². The summed E-state index contributed by atoms with van der Waals surface area (Å²) >= 11 is 0. The summed E-state index contributed by atoms with van der Waals surface area (Å²) in [7, 11) is 0. The summed E-state index contributed by atoms with van der Waals surface area (Å²) in [5.74, 6) is -1.31. The lowest BCUT2D eigenvalue weighted by Crippen LogP contribution is -2.25. The molecule has 0 atom stereocenters. The van der Waals surface area contributed by atoms with Crippen LogP contribution in [0, 0.1) is 0 Å². The molecule has 0 saturated heterocycles. The molecule has 1 N–H and O–H groups in total. The molecule has 0 saturated carbocycles. The summed E-state index contributed by atoms with van der Waals surface area (Å²) in [4.78, 5) is 23.4. The Morgan fingerprint density at radius 2 is 1.60 bits per heavy atom. The number of carboxylic acid groups (broad SMARTS) is 1. The smallest absolute Gasteiger partial charge is 0.329 e. The molecule has 4 heteroatoms. The molecule has 0 unspecified atom stereocenters. The quantitative estimate of drug-likeness (QED) is 0.438. The maximum absolute atomic E-state index is 11.5. The van der Waals surface area contributed by atoms with Crippen molar-refractivity contribution in [1.82, 2.24) is 4.90 Å². The van der Waals surface area contributed by atoms with Gasteiger partial charge < -0.3 is 10.0 Å². The van der Waals surface area contributed by atoms with Crippen molar-refractivity contribution >= 4 is 11.9 Å². The fourth-order valence-corrected chi connectivity index (χ4v) is 1.95. The first-order valence-electron chi connectivity index (χ1n) is 7.46. The van der Waals surface area contributed by atoms with E-state index in [4.69, 9.17) is 5.11 Å². The Bertz CT molecular complexity index is 324. The van der Waals surface area contributed by atoms with E-state index < -0.39 is 5.97 Å². The summed E-state index contributed by atoms with van der Waals surface area (Å²) in [6, 6.07) is 0. The Balaban J connectivity index is 3.83. The van der Waals surface area contributed by atoms with Crippen LogP contribution >= 0.6 is 0 Å². The van der Waals surface area contributed by atoms with Crippen molar-refractivity contribution in [3.8, 4) is 0 Å². The van der Waals surface area contributed by atoms with E-state index in [1.807, 2.05) is 0 Å². The molecule has 0 aliphatic heterocycles. The van der Waals surface area contributed by atoms with E-state index in [2.05, 4.69) is 13.5 Å². The van der Waals surface area contributed by atoms with Crippen LogP contribution in [-0.4, -0.2) is 28.4 Å². The molecule has 0 aromatic carbocycles. The molecule has 0 radical (unpaired) electrons. The predicted molar refractivity (Wildman–Crippen MR) is 81.3 cm³/mol. The van der Waals surface area contributed by atoms with Crippen LogP contribution in [0.25, 0.3) is 0 Å². The Morgan fingerprint density at radius 3 is 2.10 bits per heavy atom. The van der Waals surface area contributed by atoms with Crippen LogP contribution in [0.2, 0.25) is 0 Å². The second-order valence-corrected chi connectivity index (χ2v) is 4.86. The monoisotopic (exact) mass is 281 g/mol. The van der Waals surface area contributed by atoms with Crippen LogP contribution in [0.4, 0.5) is 0 Å². The SMILES string of the molecule is C=CC(=O)N(C=CC(=O)O)CCCCCCCCCC. The first-order valence-corrected chi connectivity index (χ1v) is 7.46. The number of unbranched alkanes of at least 4 members (excludes halogenated alkanes) is 7. The lowest BCUT2D eigenvalue weighted by atomic mass is 10.1. The van der Waals surface area contributed by atoms with Crippen LogP contribution < -0.4 is 0 Å². The van der Waals surface area contributed by atoms with Crippen LogP contribution in [0.5, 0.6) is 0 Å². The number of carbonyl (C=O) groups is 2. The minimum atomic E-state index is -1.05. The molecular weight excluding hydrogens is 254 g/mol. The number of carbonyl (C=O) groups excluding carboxylic acids is 1. The Labute approximate surface area is 122 Å². The summed E-state index contributed by atoms with van der Waals surface area (Å²) in [6.45, 7) is 6.17. The molecule has 0 heterocycles. The Hall–Kier alpha value is -1.58. The van der Waals surface area contributed by atoms with Crippen LogP contribution in [0.1, 0.15) is 58.3 Å². The number of rotatable bonds is 12. The molecule has 0 rings (SSSR count). The highest BCUT2D eigenvalue weighted by Crippen LogP contribution is 2.09. The minimum Gasteiger partial charge on any atom is -0.478 e. The van der Waals surface area contributed by atoms with Gasteiger partial charge in [-0.1, -0.05) is 58.4 Å². The minimum absolute atomic E-state index is 0.259. The largest absolute Gasteiger partial charge is 0.478 e. The molecule has 20 heavy (non-hydrogen) atoms. The van der Waals surface area contributed by atoms with E-state index in [1.165, 1.54) is 55.7 Å². The van der Waals surface area contributed by atoms with Gasteiger partial charge in [0.05, 0.1) is 0 Å². The molecule has 0 aliphatic carbocycles. The zero-order valence-electron chi connectivity index (χ0n) is 12.5. The number of nitrogens with zero attached hydrogens (tertiary/aromatic N) is 1. The van der Waals surface area contributed by atoms with Crippen molar-refractivity contribution in [1.29, 1.82) is 0 Å². The Morgan fingerprint density at radius 1 is 1.05 bits per heavy atom. The van der Waals surface area contributed by atoms with Crippen LogP contribution in [0.3, 0.4) is 0 Å². The topological polar surface area (TPSA) is 57.6 Å². The van der Waals surface area contributed by atoms with Crippen molar-refractivity contribution in [3.63, 3.8) is 0 Å². The van der Waals surface area contributed by atoms with Gasteiger partial charge in [-0.25, -0.2) is 4.79 Å². The van der Waals surface area contributed by atoms with Gasteiger partial charge in [-0.05, 0) is 12.5 Å². The highest BCUT2D eigenvalue weighted by Gasteiger charge is 2.06. The van der Waals surface area contributed by atoms with Crippen LogP contribution in [0.15, 0.2) is 24.9 Å². The highest BCUT2D eigenvalue weighted by molar-refractivity contribution is 5.88. The number of hydrogen-bond donors (Lipinski definition) is 1. The van der Waals surface area contributed by atoms with E-state index in [0.717, 1.165) is 18.9 Å². The van der Waals surface area contributed by atoms with Gasteiger partial charge >= 0.3 is 5.97 Å². The molecule has 0 fully saturated rings. The fraction of sp³-hybridized carbons (Fsp3) is 0.625. The summed E-state index contributed by atoms with van der Waals surface area (Å²) in [5.41, 5.74) is 0. The third-order valence-corrected chi connectivity index (χ3v) is 3.11. The molecule has 0 spiro atoms. The second kappa shape index (κ2) is 12.5. The van der Waals surface area contributed by atoms with E-state index in [9.17, 15) is 9.59 Å². The standard InChI is InChI=1S/C16H27NO3/c1-3-5-6-7-8-9-10-11-13-17(15(18)4-2)14-12-16(19)20/h4,12,14H,2-3,5-11,13H2,1H3,(H,19,20). The van der Waals surface area contributed by atoms with Gasteiger partial charge in [0.2, 0.25) is 5.91 Å². The molecule has 0 aliphatic rings. The van der Waals surface area contributed by atoms with Crippen molar-refractivity contribution in [2.45, 2.75) is 58.3 Å². The highest BCUT2D eigenvalue weighted by atomic mass is 16.4. The maximum atomic E-state index is 11.5. The molecule has 114 valence electrons. The number of hydrogen-bond acceptors (Lipinski definition) is 2. The summed E-state index contributed by atoms with van der Waals surface area (Å²) in [5, 5.41) is 8.58. The Kier molecular flexibility index (Phi) is 11.5. The van der Waals surface area contributed by atoms with Gasteiger partial charge in [0.1, 0.15) is 0 Å². The number of aliphatic carboxylic acids is 1. The molecule has 1 amide bonds. The normalized spacial score (nSPS) is 10.7. The molecule has 0 aromatic heterocycles. The third kappa shape index (κ3) is 10.4. The van der Waals surface area contributed by atoms with Gasteiger partial charge in [-0.3, -0.25) is 4.79 Å². The zero-order valence-corrected chi connectivity index (χ0v) is 12.5. The lowest BCUT2D eigenvalue weighted by molar-refractivity contribution is -0.131. The fourth-order valence-electron chi connectivity index (χ4n) is 1.95. The average Bonchev–Trinajstić information content (AvgIpc) is 2.43. The van der Waals surface area contributed by atoms with Crippen molar-refractivity contribution in [2.75, 3.05) is 6.54 Å². The molecule has 0 aromatic rings. The van der Waals surface area contributed by atoms with E-state index in [1.54, 1.807) is 0 Å². The molecular formula is C16H27NO3. The second-order valence-electron chi connectivity index (χ2n) is 4.86. The van der Waals surface area contributed by atoms with Gasteiger partial charge in [0, 0.05) is 18.8 Å². The first-order chi connectivity index (χ1) is 9.61. The van der Waals surface area contributed by atoms with Gasteiger partial charge in [0.15, 0.2) is 0 Å². The van der Waals surface area contributed by atoms with Crippen molar-refractivity contribution in [2.24, 2.45) is 0 Å². The summed E-state index contributed by atoms with van der Waals surface area (Å²) in [6.07, 6.45) is 13.0. The lowest BCUT2D eigenvalue weighted by Gasteiger charge is -2.15. The van der Waals surface area contributed by atoms with E-state index in [0.29, 0.717) is 6.54 Å². The van der Waals surface area contributed by atoms with Gasteiger partial charge in [-0.2, -0.15) is 0 Å². The molecule has 4 nitrogen and oxygen atoms in total. The number of carboxylic acids is 1. The van der Waals surface area contributed by atoms with Crippen molar-refractivity contribution < 1.29 is 14.7 Å². The number of amides is 1. The summed E-state index contributed by atoms with van der Waals surface area (Å²) < 4.78 is 0. The van der Waals surface area contributed by atoms with Gasteiger partial charge in [0.25, 0.3) is 0 Å². The average molecular weight is 281 g/mol. The zero-order chi connectivity index (χ0) is 15.2. The van der Waals surface area contributed by atoms with E-state index in [-0.39, 0.29) is 5.91 Å². The predicted octanol–water partition coefficient (Wildman–Crippen LogP) is 3.74. The maximum Gasteiger partial charge on any atom is 0.329 e. The molecule has 0 bridgehead atoms. The van der Waals surface area contributed by atoms with Crippen molar-refractivity contribution in [3.05, 3.63) is 24.9 Å². The van der Waals surface area contributed by atoms with Crippen LogP contribution in [-0.2, 0) is 9.59 Å². The third-order valence-electron chi connectivity index (χ3n) is 3.11. The first kappa shape index (κ1) is 18.4. The van der Waals surface area contributed by atoms with Gasteiger partial charge in [-0.15, -0.1) is 0 Å².